The van der Waals surface area contributed by atoms with E-state index in [2.05, 4.69) is 10.1 Å². The molecule has 3 aliphatic carbocycles. The van der Waals surface area contributed by atoms with Crippen molar-refractivity contribution in [2.45, 2.75) is 83.0 Å². The van der Waals surface area contributed by atoms with Crippen molar-refractivity contribution in [2.24, 2.45) is 10.8 Å². The monoisotopic (exact) mass is 600 g/mol. The number of pyridine rings is 1. The van der Waals surface area contributed by atoms with Gasteiger partial charge in [-0.15, -0.1) is 0 Å². The lowest BCUT2D eigenvalue weighted by Gasteiger charge is -2.59. The van der Waals surface area contributed by atoms with Crippen LogP contribution in [0.3, 0.4) is 0 Å². The Morgan fingerprint density at radius 3 is 2.15 bits per heavy atom. The lowest BCUT2D eigenvalue weighted by Crippen LogP contribution is -2.61. The van der Waals surface area contributed by atoms with Gasteiger partial charge in [0.2, 0.25) is 0 Å². The molecule has 0 aromatic carbocycles. The largest absolute Gasteiger partial charge is 0.481 e. The van der Waals surface area contributed by atoms with Crippen molar-refractivity contribution in [1.29, 1.82) is 0 Å². The number of halogens is 5. The summed E-state index contributed by atoms with van der Waals surface area (Å²) in [5, 5.41) is 13.5. The maximum Gasteiger partial charge on any atom is 0.433 e. The van der Waals surface area contributed by atoms with Crippen LogP contribution >= 0.6 is 23.2 Å². The number of alkyl halides is 3. The maximum absolute atomic E-state index is 14.5. The molecule has 1 amide bonds. The predicted molar refractivity (Wildman–Crippen MR) is 139 cm³/mol. The third kappa shape index (κ3) is 4.89. The fourth-order valence-electron chi connectivity index (χ4n) is 6.55. The first-order valence-corrected chi connectivity index (χ1v) is 14.0. The highest BCUT2D eigenvalue weighted by atomic mass is 35.5. The molecule has 0 unspecified atom stereocenters. The molecule has 2 heterocycles. The SMILES string of the molecule is CC1(C(=O)O)CCC(n2ncc(C(=O)N(CC(=O)c3c(Cl)cncc3Cl)[C@@H]3CCC34CCC4)c2C(F)(F)F)CC1. The molecule has 5 rings (SSSR count). The van der Waals surface area contributed by atoms with E-state index >= 15 is 0 Å². The van der Waals surface area contributed by atoms with E-state index in [1.54, 1.807) is 6.92 Å². The van der Waals surface area contributed by atoms with Gasteiger partial charge in [0.15, 0.2) is 11.5 Å². The lowest BCUT2D eigenvalue weighted by molar-refractivity contribution is -0.152. The number of ketones is 1. The van der Waals surface area contributed by atoms with E-state index in [1.807, 2.05) is 0 Å². The highest BCUT2D eigenvalue weighted by molar-refractivity contribution is 6.39. The summed E-state index contributed by atoms with van der Waals surface area (Å²) in [7, 11) is 0. The minimum atomic E-state index is -4.91. The highest BCUT2D eigenvalue weighted by Gasteiger charge is 2.55. The maximum atomic E-state index is 14.5. The third-order valence-electron chi connectivity index (χ3n) is 9.27. The molecule has 0 aliphatic heterocycles. The molecule has 3 fully saturated rings. The average molecular weight is 601 g/mol. The van der Waals surface area contributed by atoms with Crippen LogP contribution < -0.4 is 0 Å². The number of carboxylic acids is 1. The number of carbonyl (C=O) groups is 3. The van der Waals surface area contributed by atoms with Crippen molar-refractivity contribution in [2.75, 3.05) is 6.54 Å². The first-order valence-electron chi connectivity index (χ1n) is 13.3. The van der Waals surface area contributed by atoms with Gasteiger partial charge in [0.05, 0.1) is 45.4 Å². The van der Waals surface area contributed by atoms with Crippen LogP contribution in [0.25, 0.3) is 0 Å². The van der Waals surface area contributed by atoms with Gasteiger partial charge >= 0.3 is 12.1 Å². The number of hydrogen-bond donors (Lipinski definition) is 1. The smallest absolute Gasteiger partial charge is 0.433 e. The van der Waals surface area contributed by atoms with Gasteiger partial charge in [-0.05, 0) is 63.7 Å². The standard InChI is InChI=1S/C27H29Cl2F3N4O4/c1-25(24(39)40)8-3-15(4-9-25)36-22(27(30,31)32)16(11-34-36)23(38)35(20-5-10-26(20)6-2-7-26)14-19(37)21-17(28)12-33-13-18(21)29/h11-13,15,20H,2-10,14H2,1H3,(H,39,40)/t15?,20-,25?/m1/s1. The first kappa shape index (κ1) is 28.9. The summed E-state index contributed by atoms with van der Waals surface area (Å²) in [6.07, 6.45) is 3.26. The quantitative estimate of drug-likeness (QED) is 0.365. The number of aliphatic carboxylic acids is 1. The Hall–Kier alpha value is -2.66. The van der Waals surface area contributed by atoms with Gasteiger partial charge in [-0.2, -0.15) is 18.3 Å². The molecule has 0 bridgehead atoms. The molecule has 1 atom stereocenters. The van der Waals surface area contributed by atoms with Crippen LogP contribution in [-0.4, -0.2) is 55.0 Å². The van der Waals surface area contributed by atoms with E-state index in [9.17, 15) is 32.7 Å². The average Bonchev–Trinajstić information content (AvgIpc) is 3.28. The van der Waals surface area contributed by atoms with Crippen molar-refractivity contribution in [3.05, 3.63) is 45.5 Å². The van der Waals surface area contributed by atoms with Gasteiger partial charge in [0.25, 0.3) is 5.91 Å². The van der Waals surface area contributed by atoms with Gasteiger partial charge in [0, 0.05) is 18.4 Å². The van der Waals surface area contributed by atoms with Gasteiger partial charge < -0.3 is 10.0 Å². The van der Waals surface area contributed by atoms with Crippen molar-refractivity contribution in [3.63, 3.8) is 0 Å². The second kappa shape index (κ2) is 10.3. The first-order chi connectivity index (χ1) is 18.8. The van der Waals surface area contributed by atoms with E-state index in [0.717, 1.165) is 36.6 Å². The lowest BCUT2D eigenvalue weighted by atomic mass is 9.52. The topological polar surface area (TPSA) is 105 Å². The van der Waals surface area contributed by atoms with Crippen LogP contribution in [-0.2, 0) is 11.0 Å². The van der Waals surface area contributed by atoms with Crippen molar-refractivity contribution >= 4 is 40.9 Å². The van der Waals surface area contributed by atoms with Gasteiger partial charge in [-0.1, -0.05) is 29.6 Å². The Bertz CT molecular complexity index is 1320. The van der Waals surface area contributed by atoms with Crippen LogP contribution in [0.1, 0.15) is 97.2 Å². The van der Waals surface area contributed by atoms with Gasteiger partial charge in [0.1, 0.15) is 0 Å². The molecule has 3 aliphatic rings. The molecule has 2 aromatic heterocycles. The van der Waals surface area contributed by atoms with Crippen LogP contribution in [0.2, 0.25) is 10.0 Å². The summed E-state index contributed by atoms with van der Waals surface area (Å²) in [4.78, 5) is 44.0. The van der Waals surface area contributed by atoms with E-state index in [1.165, 1.54) is 17.3 Å². The number of nitrogens with zero attached hydrogens (tertiary/aromatic N) is 4. The fraction of sp³-hybridized carbons (Fsp3) is 0.593. The Morgan fingerprint density at radius 2 is 1.68 bits per heavy atom. The molecular weight excluding hydrogens is 572 g/mol. The molecule has 8 nitrogen and oxygen atoms in total. The zero-order valence-corrected chi connectivity index (χ0v) is 23.3. The van der Waals surface area contributed by atoms with Crippen LogP contribution in [0.5, 0.6) is 0 Å². The number of carbonyl (C=O) groups excluding carboxylic acids is 2. The van der Waals surface area contributed by atoms with E-state index in [4.69, 9.17) is 23.2 Å². The number of carboxylic acid groups (broad SMARTS) is 1. The van der Waals surface area contributed by atoms with E-state index in [0.29, 0.717) is 6.42 Å². The van der Waals surface area contributed by atoms with Crippen molar-refractivity contribution in [3.8, 4) is 0 Å². The predicted octanol–water partition coefficient (Wildman–Crippen LogP) is 6.47. The van der Waals surface area contributed by atoms with E-state index in [-0.39, 0.29) is 46.7 Å². The normalized spacial score (nSPS) is 25.6. The summed E-state index contributed by atoms with van der Waals surface area (Å²) in [6.45, 7) is 1.09. The molecule has 40 heavy (non-hydrogen) atoms. The van der Waals surface area contributed by atoms with Gasteiger partial charge in [-0.25, -0.2) is 0 Å². The summed E-state index contributed by atoms with van der Waals surface area (Å²) in [6, 6.07) is -1.11. The third-order valence-corrected chi connectivity index (χ3v) is 9.84. The number of Topliss-reactive ketones (excluding diaryl/α,β-unsaturated/α-hetero) is 1. The Balaban J connectivity index is 1.49. The zero-order chi connectivity index (χ0) is 29.0. The van der Waals surface area contributed by atoms with Crippen LogP contribution in [0, 0.1) is 10.8 Å². The Labute approximate surface area is 238 Å². The second-order valence-corrected chi connectivity index (χ2v) is 12.4. The Morgan fingerprint density at radius 1 is 1.05 bits per heavy atom. The molecule has 0 radical (unpaired) electrons. The molecule has 3 saturated carbocycles. The van der Waals surface area contributed by atoms with Crippen LogP contribution in [0.4, 0.5) is 13.2 Å². The molecule has 2 aromatic rings. The second-order valence-electron chi connectivity index (χ2n) is 11.6. The molecule has 216 valence electrons. The summed E-state index contributed by atoms with van der Waals surface area (Å²) < 4.78 is 44.4. The zero-order valence-electron chi connectivity index (χ0n) is 21.8. The van der Waals surface area contributed by atoms with E-state index < -0.39 is 59.1 Å². The van der Waals surface area contributed by atoms with Crippen molar-refractivity contribution in [1.82, 2.24) is 19.7 Å². The van der Waals surface area contributed by atoms with Gasteiger partial charge in [-0.3, -0.25) is 24.0 Å². The van der Waals surface area contributed by atoms with Crippen LogP contribution in [0.15, 0.2) is 18.6 Å². The number of amides is 1. The number of hydrogen-bond acceptors (Lipinski definition) is 5. The molecule has 13 heteroatoms. The summed E-state index contributed by atoms with van der Waals surface area (Å²) in [5.74, 6) is -2.50. The summed E-state index contributed by atoms with van der Waals surface area (Å²) >= 11 is 12.3. The highest BCUT2D eigenvalue weighted by Crippen LogP contribution is 2.58. The summed E-state index contributed by atoms with van der Waals surface area (Å²) in [5.41, 5.74) is -3.07. The number of rotatable bonds is 7. The molecule has 1 N–H and O–H groups in total. The minimum absolute atomic E-state index is 0.00803. The molecule has 0 saturated heterocycles. The minimum Gasteiger partial charge on any atom is -0.481 e. The molecular formula is C27H29Cl2F3N4O4. The fourth-order valence-corrected chi connectivity index (χ4v) is 7.12. The van der Waals surface area contributed by atoms with Crippen molar-refractivity contribution < 1.29 is 32.7 Å². The molecule has 1 spiro atoms. The number of aromatic nitrogens is 3. The Kier molecular flexibility index (Phi) is 7.44.